The molecule has 2 aromatic rings. The van der Waals surface area contributed by atoms with Crippen molar-refractivity contribution in [2.45, 2.75) is 46.3 Å². The highest BCUT2D eigenvalue weighted by Crippen LogP contribution is 2.36. The summed E-state index contributed by atoms with van der Waals surface area (Å²) < 4.78 is 36.9. The number of hydrogen-bond donors (Lipinski definition) is 1. The summed E-state index contributed by atoms with van der Waals surface area (Å²) in [4.78, 5) is 27.6. The van der Waals surface area contributed by atoms with Crippen LogP contribution in [0.15, 0.2) is 42.5 Å². The molecule has 0 aliphatic carbocycles. The van der Waals surface area contributed by atoms with Crippen LogP contribution in [0.1, 0.15) is 31.9 Å². The van der Waals surface area contributed by atoms with Crippen LogP contribution < -0.4 is 19.1 Å². The molecule has 1 aliphatic heterocycles. The number of hydrogen-bond acceptors (Lipinski definition) is 6. The molecule has 1 unspecified atom stereocenters. The lowest BCUT2D eigenvalue weighted by Gasteiger charge is -2.32. The number of carbonyl (C=O) groups is 2. The third kappa shape index (κ3) is 6.19. The van der Waals surface area contributed by atoms with Crippen LogP contribution in [0, 0.1) is 6.92 Å². The number of aryl methyl sites for hydroxylation is 1. The summed E-state index contributed by atoms with van der Waals surface area (Å²) in [5.74, 6) is 0.0859. The van der Waals surface area contributed by atoms with Crippen molar-refractivity contribution in [3.63, 3.8) is 0 Å². The fourth-order valence-electron chi connectivity index (χ4n) is 3.53. The van der Waals surface area contributed by atoms with E-state index in [1.54, 1.807) is 19.1 Å². The van der Waals surface area contributed by atoms with Crippen molar-refractivity contribution in [3.05, 3.63) is 53.6 Å². The van der Waals surface area contributed by atoms with Gasteiger partial charge in [0.05, 0.1) is 11.9 Å². The number of rotatable bonds is 9. The van der Waals surface area contributed by atoms with Gasteiger partial charge < -0.3 is 19.7 Å². The summed E-state index contributed by atoms with van der Waals surface area (Å²) in [6.45, 7) is 7.00. The molecule has 9 nitrogen and oxygen atoms in total. The van der Waals surface area contributed by atoms with Crippen LogP contribution in [0.4, 0.5) is 5.69 Å². The van der Waals surface area contributed by atoms with Crippen molar-refractivity contribution in [1.29, 1.82) is 0 Å². The number of benzene rings is 2. The summed E-state index contributed by atoms with van der Waals surface area (Å²) in [6, 6.07) is 11.4. The van der Waals surface area contributed by atoms with Gasteiger partial charge in [0, 0.05) is 18.7 Å². The number of nitrogens with one attached hydrogen (secondary N) is 1. The van der Waals surface area contributed by atoms with E-state index in [0.717, 1.165) is 21.7 Å². The van der Waals surface area contributed by atoms with Gasteiger partial charge in [0.15, 0.2) is 11.5 Å². The number of fused-ring (bicyclic) bond motifs is 1. The van der Waals surface area contributed by atoms with Gasteiger partial charge in [-0.3, -0.25) is 13.9 Å². The molecule has 0 radical (unpaired) electrons. The summed E-state index contributed by atoms with van der Waals surface area (Å²) in [5.41, 5.74) is 2.17. The van der Waals surface area contributed by atoms with Crippen LogP contribution in [-0.2, 0) is 26.2 Å². The number of ether oxygens (including phenoxy) is 2. The predicted molar refractivity (Wildman–Crippen MR) is 129 cm³/mol. The van der Waals surface area contributed by atoms with Crippen LogP contribution in [0.2, 0.25) is 0 Å². The summed E-state index contributed by atoms with van der Waals surface area (Å²) in [5, 5.41) is 2.82. The monoisotopic (exact) mass is 489 g/mol. The largest absolute Gasteiger partial charge is 0.454 e. The van der Waals surface area contributed by atoms with E-state index in [9.17, 15) is 18.0 Å². The summed E-state index contributed by atoms with van der Waals surface area (Å²) in [7, 11) is -3.82. The lowest BCUT2D eigenvalue weighted by molar-refractivity contribution is -0.139. The molecule has 0 fully saturated rings. The lowest BCUT2D eigenvalue weighted by atomic mass is 10.1. The first-order valence-corrected chi connectivity index (χ1v) is 12.8. The molecule has 3 rings (SSSR count). The zero-order valence-corrected chi connectivity index (χ0v) is 20.9. The maximum atomic E-state index is 13.5. The molecule has 0 aromatic heterocycles. The zero-order valence-electron chi connectivity index (χ0n) is 20.1. The quantitative estimate of drug-likeness (QED) is 0.580. The van der Waals surface area contributed by atoms with Gasteiger partial charge in [0.1, 0.15) is 12.6 Å². The SMILES string of the molecule is Cc1ccc(CN(C(=O)CN(c2ccc3c(c2)OCO3)S(C)(=O)=O)C(C)C(=O)NC(C)C)cc1. The minimum absolute atomic E-state index is 0.0450. The number of anilines is 1. The van der Waals surface area contributed by atoms with Crippen LogP contribution in [0.5, 0.6) is 11.5 Å². The molecule has 0 bridgehead atoms. The molecule has 1 aliphatic rings. The number of sulfonamides is 1. The van der Waals surface area contributed by atoms with Gasteiger partial charge in [-0.1, -0.05) is 29.8 Å². The van der Waals surface area contributed by atoms with Crippen molar-refractivity contribution < 1.29 is 27.5 Å². The molecule has 1 heterocycles. The fraction of sp³-hybridized carbons (Fsp3) is 0.417. The normalized spacial score (nSPS) is 13.5. The van der Waals surface area contributed by atoms with Gasteiger partial charge in [0.2, 0.25) is 28.6 Å². The van der Waals surface area contributed by atoms with Gasteiger partial charge in [-0.05, 0) is 45.4 Å². The van der Waals surface area contributed by atoms with Gasteiger partial charge >= 0.3 is 0 Å². The molecule has 34 heavy (non-hydrogen) atoms. The Labute approximate surface area is 200 Å². The minimum Gasteiger partial charge on any atom is -0.454 e. The molecule has 2 aromatic carbocycles. The van der Waals surface area contributed by atoms with E-state index in [1.165, 1.54) is 11.0 Å². The Kier molecular flexibility index (Phi) is 7.71. The Hall–Kier alpha value is -3.27. The second-order valence-corrected chi connectivity index (χ2v) is 10.6. The van der Waals surface area contributed by atoms with E-state index < -0.39 is 28.5 Å². The Balaban J connectivity index is 1.90. The second kappa shape index (κ2) is 10.3. The average molecular weight is 490 g/mol. The molecule has 0 saturated carbocycles. The average Bonchev–Trinajstić information content (AvgIpc) is 3.23. The fourth-order valence-corrected chi connectivity index (χ4v) is 4.37. The van der Waals surface area contributed by atoms with Gasteiger partial charge in [-0.2, -0.15) is 0 Å². The molecule has 0 spiro atoms. The van der Waals surface area contributed by atoms with Crippen molar-refractivity contribution in [2.75, 3.05) is 23.9 Å². The van der Waals surface area contributed by atoms with E-state index in [1.807, 2.05) is 45.0 Å². The first-order chi connectivity index (χ1) is 16.0. The molecule has 184 valence electrons. The van der Waals surface area contributed by atoms with Gasteiger partial charge in [-0.15, -0.1) is 0 Å². The molecular formula is C24H31N3O6S. The van der Waals surface area contributed by atoms with E-state index >= 15 is 0 Å². The van der Waals surface area contributed by atoms with E-state index in [0.29, 0.717) is 11.5 Å². The number of carbonyl (C=O) groups excluding carboxylic acids is 2. The molecule has 0 saturated heterocycles. The maximum absolute atomic E-state index is 13.5. The van der Waals surface area contributed by atoms with Crippen molar-refractivity contribution in [3.8, 4) is 11.5 Å². The summed E-state index contributed by atoms with van der Waals surface area (Å²) in [6.07, 6.45) is 1.03. The third-order valence-corrected chi connectivity index (χ3v) is 6.54. The van der Waals surface area contributed by atoms with Crippen LogP contribution in [-0.4, -0.2) is 56.8 Å². The molecule has 1 atom stereocenters. The van der Waals surface area contributed by atoms with Gasteiger partial charge in [-0.25, -0.2) is 8.42 Å². The Morgan fingerprint density at radius 3 is 2.29 bits per heavy atom. The molecule has 1 N–H and O–H groups in total. The molecule has 2 amide bonds. The van der Waals surface area contributed by atoms with E-state index in [2.05, 4.69) is 5.32 Å². The van der Waals surface area contributed by atoms with Crippen molar-refractivity contribution in [1.82, 2.24) is 10.2 Å². The smallest absolute Gasteiger partial charge is 0.244 e. The second-order valence-electron chi connectivity index (χ2n) is 8.65. The molecular weight excluding hydrogens is 458 g/mol. The van der Waals surface area contributed by atoms with Gasteiger partial charge in [0.25, 0.3) is 0 Å². The van der Waals surface area contributed by atoms with E-state index in [-0.39, 0.29) is 31.0 Å². The first-order valence-electron chi connectivity index (χ1n) is 11.0. The lowest BCUT2D eigenvalue weighted by Crippen LogP contribution is -2.52. The zero-order chi connectivity index (χ0) is 25.0. The standard InChI is InChI=1S/C24H31N3O6S/c1-16(2)25-24(29)18(4)26(13-19-8-6-17(3)7-9-19)23(28)14-27(34(5,30)31)20-10-11-21-22(12-20)33-15-32-21/h6-12,16,18H,13-15H2,1-5H3,(H,25,29). The highest BCUT2D eigenvalue weighted by molar-refractivity contribution is 7.92. The Morgan fingerprint density at radius 1 is 1.03 bits per heavy atom. The Morgan fingerprint density at radius 2 is 1.68 bits per heavy atom. The summed E-state index contributed by atoms with van der Waals surface area (Å²) >= 11 is 0. The minimum atomic E-state index is -3.82. The highest BCUT2D eigenvalue weighted by atomic mass is 32.2. The maximum Gasteiger partial charge on any atom is 0.244 e. The van der Waals surface area contributed by atoms with Crippen molar-refractivity contribution >= 4 is 27.5 Å². The first kappa shape index (κ1) is 25.4. The highest BCUT2D eigenvalue weighted by Gasteiger charge is 2.31. The van der Waals surface area contributed by atoms with Crippen molar-refractivity contribution in [2.24, 2.45) is 0 Å². The van der Waals surface area contributed by atoms with Crippen LogP contribution in [0.25, 0.3) is 0 Å². The predicted octanol–water partition coefficient (Wildman–Crippen LogP) is 2.43. The molecule has 10 heteroatoms. The number of amides is 2. The topological polar surface area (TPSA) is 105 Å². The van der Waals surface area contributed by atoms with Crippen LogP contribution in [0.3, 0.4) is 0 Å². The van der Waals surface area contributed by atoms with Crippen LogP contribution >= 0.6 is 0 Å². The third-order valence-electron chi connectivity index (χ3n) is 5.40. The Bertz CT molecular complexity index is 1150. The number of nitrogens with zero attached hydrogens (tertiary/aromatic N) is 2. The van der Waals surface area contributed by atoms with E-state index in [4.69, 9.17) is 9.47 Å².